The number of imide groups is 1. The summed E-state index contributed by atoms with van der Waals surface area (Å²) >= 11 is 0. The van der Waals surface area contributed by atoms with E-state index < -0.39 is 23.2 Å². The molecule has 0 unspecified atom stereocenters. The maximum absolute atomic E-state index is 13.2. The van der Waals surface area contributed by atoms with Crippen LogP contribution >= 0.6 is 0 Å². The molecule has 0 bridgehead atoms. The zero-order valence-corrected chi connectivity index (χ0v) is 10.7. The Hall–Kier alpha value is -1.95. The highest BCUT2D eigenvalue weighted by Gasteiger charge is 2.41. The molecule has 2 rings (SSSR count). The van der Waals surface area contributed by atoms with Crippen LogP contribution in [0.25, 0.3) is 0 Å². The number of aliphatic hydroxyl groups is 1. The zero-order valence-electron chi connectivity index (χ0n) is 10.7. The Morgan fingerprint density at radius 1 is 1.42 bits per heavy atom. The van der Waals surface area contributed by atoms with E-state index >= 15 is 0 Å². The average molecular weight is 266 g/mol. The van der Waals surface area contributed by atoms with Gasteiger partial charge in [-0.25, -0.2) is 4.39 Å². The summed E-state index contributed by atoms with van der Waals surface area (Å²) in [5.41, 5.74) is -0.122. The van der Waals surface area contributed by atoms with E-state index in [4.69, 9.17) is 0 Å². The van der Waals surface area contributed by atoms with Gasteiger partial charge in [-0.15, -0.1) is 0 Å². The van der Waals surface area contributed by atoms with Crippen molar-refractivity contribution in [2.24, 2.45) is 0 Å². The number of aliphatic hydroxyl groups excluding tert-OH is 1. The number of benzene rings is 1. The minimum Gasteiger partial charge on any atom is -0.392 e. The summed E-state index contributed by atoms with van der Waals surface area (Å²) in [7, 11) is 0. The van der Waals surface area contributed by atoms with Crippen LogP contribution in [0, 0.1) is 5.82 Å². The second-order valence-electron chi connectivity index (χ2n) is 4.95. The van der Waals surface area contributed by atoms with E-state index in [0.29, 0.717) is 11.3 Å². The lowest BCUT2D eigenvalue weighted by Crippen LogP contribution is -2.64. The van der Waals surface area contributed by atoms with Crippen molar-refractivity contribution >= 4 is 17.5 Å². The van der Waals surface area contributed by atoms with Crippen LogP contribution in [-0.4, -0.2) is 29.0 Å². The molecule has 1 aliphatic heterocycles. The minimum atomic E-state index is -0.949. The number of carbonyl (C=O) groups is 2. The first-order valence-corrected chi connectivity index (χ1v) is 5.87. The van der Waals surface area contributed by atoms with Gasteiger partial charge in [-0.2, -0.15) is 0 Å². The summed E-state index contributed by atoms with van der Waals surface area (Å²) in [5, 5.41) is 11.6. The lowest BCUT2D eigenvalue weighted by atomic mass is 9.96. The van der Waals surface area contributed by atoms with Gasteiger partial charge in [0.05, 0.1) is 13.2 Å². The lowest BCUT2D eigenvalue weighted by Gasteiger charge is -2.42. The summed E-state index contributed by atoms with van der Waals surface area (Å²) in [5.74, 6) is -1.31. The summed E-state index contributed by atoms with van der Waals surface area (Å²) in [6.07, 6.45) is 0. The van der Waals surface area contributed by atoms with E-state index in [9.17, 15) is 19.1 Å². The lowest BCUT2D eigenvalue weighted by molar-refractivity contribution is -0.135. The van der Waals surface area contributed by atoms with Crippen molar-refractivity contribution in [3.8, 4) is 0 Å². The molecule has 1 fully saturated rings. The largest absolute Gasteiger partial charge is 0.392 e. The highest BCUT2D eigenvalue weighted by Crippen LogP contribution is 2.30. The monoisotopic (exact) mass is 266 g/mol. The fourth-order valence-corrected chi connectivity index (χ4v) is 2.11. The Morgan fingerprint density at radius 3 is 2.74 bits per heavy atom. The number of hydrogen-bond acceptors (Lipinski definition) is 4. The molecule has 102 valence electrons. The molecular formula is C13H15FN2O3. The van der Waals surface area contributed by atoms with Crippen molar-refractivity contribution in [3.63, 3.8) is 0 Å². The van der Waals surface area contributed by atoms with Crippen molar-refractivity contribution < 1.29 is 19.1 Å². The van der Waals surface area contributed by atoms with Crippen LogP contribution in [0.2, 0.25) is 0 Å². The third-order valence-corrected chi connectivity index (χ3v) is 3.29. The van der Waals surface area contributed by atoms with Gasteiger partial charge in [-0.1, -0.05) is 0 Å². The molecule has 5 nitrogen and oxygen atoms in total. The Balaban J connectivity index is 2.49. The molecule has 1 aromatic carbocycles. The molecule has 1 aliphatic rings. The predicted octanol–water partition coefficient (Wildman–Crippen LogP) is 0.559. The maximum atomic E-state index is 13.2. The van der Waals surface area contributed by atoms with Crippen molar-refractivity contribution in [3.05, 3.63) is 29.6 Å². The molecular weight excluding hydrogens is 251 g/mol. The summed E-state index contributed by atoms with van der Waals surface area (Å²) < 4.78 is 13.2. The van der Waals surface area contributed by atoms with Crippen LogP contribution in [0.3, 0.4) is 0 Å². The molecule has 0 saturated carbocycles. The molecule has 2 amide bonds. The standard InChI is InChI=1S/C13H15FN2O3/c1-13(2)12(19)15-11(18)6-16(13)10-4-3-9(14)5-8(10)7-17/h3-5,17H,6-7H2,1-2H3,(H,15,18,19). The zero-order chi connectivity index (χ0) is 14.2. The van der Waals surface area contributed by atoms with Gasteiger partial charge < -0.3 is 10.0 Å². The number of hydrogen-bond donors (Lipinski definition) is 2. The number of carbonyl (C=O) groups excluding carboxylic acids is 2. The average Bonchev–Trinajstić information content (AvgIpc) is 2.34. The highest BCUT2D eigenvalue weighted by atomic mass is 19.1. The van der Waals surface area contributed by atoms with E-state index in [1.54, 1.807) is 18.7 Å². The van der Waals surface area contributed by atoms with E-state index in [1.807, 2.05) is 0 Å². The van der Waals surface area contributed by atoms with Crippen molar-refractivity contribution in [1.29, 1.82) is 0 Å². The summed E-state index contributed by atoms with van der Waals surface area (Å²) in [4.78, 5) is 24.9. The third kappa shape index (κ3) is 2.31. The molecule has 0 radical (unpaired) electrons. The van der Waals surface area contributed by atoms with Gasteiger partial charge in [0.15, 0.2) is 0 Å². The first-order valence-electron chi connectivity index (χ1n) is 5.87. The van der Waals surface area contributed by atoms with E-state index in [-0.39, 0.29) is 13.2 Å². The number of anilines is 1. The molecule has 0 spiro atoms. The quantitative estimate of drug-likeness (QED) is 0.767. The van der Waals surface area contributed by atoms with Crippen LogP contribution in [0.5, 0.6) is 0 Å². The molecule has 1 saturated heterocycles. The van der Waals surface area contributed by atoms with Gasteiger partial charge in [-0.3, -0.25) is 14.9 Å². The highest BCUT2D eigenvalue weighted by molar-refractivity contribution is 6.06. The SMILES string of the molecule is CC1(C)C(=O)NC(=O)CN1c1ccc(F)cc1CO. The first kappa shape index (κ1) is 13.5. The topological polar surface area (TPSA) is 69.6 Å². The molecule has 0 aromatic heterocycles. The maximum Gasteiger partial charge on any atom is 0.251 e. The van der Waals surface area contributed by atoms with Crippen molar-refractivity contribution in [2.75, 3.05) is 11.4 Å². The molecule has 0 atom stereocenters. The van der Waals surface area contributed by atoms with Crippen LogP contribution in [-0.2, 0) is 16.2 Å². The van der Waals surface area contributed by atoms with E-state index in [0.717, 1.165) is 0 Å². The summed E-state index contributed by atoms with van der Waals surface area (Å²) in [6.45, 7) is 2.95. The van der Waals surface area contributed by atoms with Crippen LogP contribution in [0.4, 0.5) is 10.1 Å². The molecule has 19 heavy (non-hydrogen) atoms. The smallest absolute Gasteiger partial charge is 0.251 e. The number of amides is 2. The normalized spacial score (nSPS) is 18.4. The molecule has 1 aromatic rings. The van der Waals surface area contributed by atoms with Gasteiger partial charge in [0, 0.05) is 11.3 Å². The molecule has 2 N–H and O–H groups in total. The van der Waals surface area contributed by atoms with Crippen molar-refractivity contribution in [1.82, 2.24) is 5.32 Å². The number of nitrogens with zero attached hydrogens (tertiary/aromatic N) is 1. The number of halogens is 1. The molecule has 0 aliphatic carbocycles. The fraction of sp³-hybridized carbons (Fsp3) is 0.385. The first-order chi connectivity index (χ1) is 8.86. The van der Waals surface area contributed by atoms with Crippen LogP contribution < -0.4 is 10.2 Å². The minimum absolute atomic E-state index is 0.0165. The van der Waals surface area contributed by atoms with Gasteiger partial charge in [0.1, 0.15) is 11.4 Å². The molecule has 1 heterocycles. The second-order valence-corrected chi connectivity index (χ2v) is 4.95. The number of nitrogens with one attached hydrogen (secondary N) is 1. The van der Waals surface area contributed by atoms with Crippen molar-refractivity contribution in [2.45, 2.75) is 26.0 Å². The summed E-state index contributed by atoms with van der Waals surface area (Å²) in [6, 6.07) is 3.90. The number of piperazine rings is 1. The van der Waals surface area contributed by atoms with Gasteiger partial charge >= 0.3 is 0 Å². The van der Waals surface area contributed by atoms with Gasteiger partial charge in [-0.05, 0) is 32.0 Å². The van der Waals surface area contributed by atoms with Crippen LogP contribution in [0.15, 0.2) is 18.2 Å². The third-order valence-electron chi connectivity index (χ3n) is 3.29. The van der Waals surface area contributed by atoms with E-state index in [2.05, 4.69) is 5.32 Å². The predicted molar refractivity (Wildman–Crippen MR) is 66.9 cm³/mol. The van der Waals surface area contributed by atoms with Gasteiger partial charge in [0.25, 0.3) is 5.91 Å². The number of rotatable bonds is 2. The van der Waals surface area contributed by atoms with Gasteiger partial charge in [0.2, 0.25) is 5.91 Å². The second kappa shape index (κ2) is 4.62. The Bertz CT molecular complexity index is 543. The Morgan fingerprint density at radius 2 is 2.11 bits per heavy atom. The fourth-order valence-electron chi connectivity index (χ4n) is 2.11. The van der Waals surface area contributed by atoms with Crippen LogP contribution in [0.1, 0.15) is 19.4 Å². The van der Waals surface area contributed by atoms with E-state index in [1.165, 1.54) is 18.2 Å². The molecule has 6 heteroatoms. The Kier molecular flexibility index (Phi) is 3.28. The Labute approximate surface area is 110 Å².